The van der Waals surface area contributed by atoms with E-state index < -0.39 is 0 Å². The van der Waals surface area contributed by atoms with Crippen molar-refractivity contribution in [3.63, 3.8) is 0 Å². The highest BCUT2D eigenvalue weighted by molar-refractivity contribution is 6.02. The molecule has 1 amide bonds. The maximum absolute atomic E-state index is 12.6. The Morgan fingerprint density at radius 2 is 2.14 bits per heavy atom. The van der Waals surface area contributed by atoms with Gasteiger partial charge in [-0.25, -0.2) is 4.68 Å². The lowest BCUT2D eigenvalue weighted by molar-refractivity contribution is 0.00468. The van der Waals surface area contributed by atoms with Crippen LogP contribution in [-0.2, 0) is 11.3 Å². The molecule has 7 heteroatoms. The number of piperidine rings is 1. The fourth-order valence-electron chi connectivity index (χ4n) is 4.31. The van der Waals surface area contributed by atoms with E-state index in [0.717, 1.165) is 55.9 Å². The SMILES string of the molecule is CC1CCCC(OCc2cccc(NC(=O)c3cn(C4CCNCC4)nn3)c2)C1. The van der Waals surface area contributed by atoms with Crippen molar-refractivity contribution >= 4 is 11.6 Å². The number of ether oxygens (including phenoxy) is 1. The third-order valence-corrected chi connectivity index (χ3v) is 5.98. The summed E-state index contributed by atoms with van der Waals surface area (Å²) < 4.78 is 7.94. The van der Waals surface area contributed by atoms with Gasteiger partial charge in [0.05, 0.1) is 24.9 Å². The lowest BCUT2D eigenvalue weighted by atomic mass is 9.89. The predicted octanol–water partition coefficient (Wildman–Crippen LogP) is 3.55. The molecule has 0 radical (unpaired) electrons. The Labute approximate surface area is 172 Å². The Hall–Kier alpha value is -2.25. The zero-order valence-corrected chi connectivity index (χ0v) is 17.1. The molecular weight excluding hydrogens is 366 g/mol. The Kier molecular flexibility index (Phi) is 6.56. The van der Waals surface area contributed by atoms with E-state index in [9.17, 15) is 4.79 Å². The minimum atomic E-state index is -0.232. The van der Waals surface area contributed by atoms with Gasteiger partial charge in [0, 0.05) is 5.69 Å². The van der Waals surface area contributed by atoms with Crippen LogP contribution in [0, 0.1) is 5.92 Å². The molecule has 2 heterocycles. The Balaban J connectivity index is 1.32. The van der Waals surface area contributed by atoms with E-state index in [2.05, 4.69) is 27.9 Å². The Bertz CT molecular complexity index is 815. The van der Waals surface area contributed by atoms with Gasteiger partial charge in [0.2, 0.25) is 0 Å². The van der Waals surface area contributed by atoms with Gasteiger partial charge in [-0.15, -0.1) is 5.10 Å². The molecule has 2 unspecified atom stereocenters. The zero-order chi connectivity index (χ0) is 20.1. The van der Waals surface area contributed by atoms with Crippen molar-refractivity contribution in [2.45, 2.75) is 64.2 Å². The molecule has 1 aliphatic carbocycles. The van der Waals surface area contributed by atoms with Crippen LogP contribution in [-0.4, -0.2) is 40.1 Å². The van der Waals surface area contributed by atoms with Crippen molar-refractivity contribution in [3.05, 3.63) is 41.7 Å². The van der Waals surface area contributed by atoms with Crippen molar-refractivity contribution in [1.82, 2.24) is 20.3 Å². The summed E-state index contributed by atoms with van der Waals surface area (Å²) in [5.41, 5.74) is 2.17. The molecule has 156 valence electrons. The number of rotatable bonds is 6. The molecule has 1 aromatic heterocycles. The number of amides is 1. The first kappa shape index (κ1) is 20.0. The predicted molar refractivity (Wildman–Crippen MR) is 112 cm³/mol. The monoisotopic (exact) mass is 397 g/mol. The fraction of sp³-hybridized carbons (Fsp3) is 0.591. The molecule has 0 bridgehead atoms. The van der Waals surface area contributed by atoms with Crippen LogP contribution in [0.2, 0.25) is 0 Å². The number of anilines is 1. The van der Waals surface area contributed by atoms with Crippen LogP contribution in [0.5, 0.6) is 0 Å². The quantitative estimate of drug-likeness (QED) is 0.779. The van der Waals surface area contributed by atoms with Gasteiger partial charge in [0.15, 0.2) is 5.69 Å². The lowest BCUT2D eigenvalue weighted by Crippen LogP contribution is -2.29. The third kappa shape index (κ3) is 5.42. The van der Waals surface area contributed by atoms with Gasteiger partial charge >= 0.3 is 0 Å². The summed E-state index contributed by atoms with van der Waals surface area (Å²) in [4.78, 5) is 12.6. The fourth-order valence-corrected chi connectivity index (χ4v) is 4.31. The van der Waals surface area contributed by atoms with Crippen LogP contribution in [0.1, 0.15) is 67.5 Å². The summed E-state index contributed by atoms with van der Waals surface area (Å²) in [7, 11) is 0. The molecule has 7 nitrogen and oxygen atoms in total. The van der Waals surface area contributed by atoms with Crippen LogP contribution in [0.15, 0.2) is 30.5 Å². The summed E-state index contributed by atoms with van der Waals surface area (Å²) >= 11 is 0. The van der Waals surface area contributed by atoms with Crippen LogP contribution in [0.4, 0.5) is 5.69 Å². The van der Waals surface area contributed by atoms with Crippen molar-refractivity contribution in [2.24, 2.45) is 5.92 Å². The first-order chi connectivity index (χ1) is 14.2. The molecule has 1 saturated heterocycles. The number of benzene rings is 1. The number of carbonyl (C=O) groups excluding carboxylic acids is 1. The van der Waals surface area contributed by atoms with Crippen LogP contribution < -0.4 is 10.6 Å². The van der Waals surface area contributed by atoms with E-state index in [0.29, 0.717) is 24.4 Å². The maximum atomic E-state index is 12.6. The smallest absolute Gasteiger partial charge is 0.277 e. The van der Waals surface area contributed by atoms with E-state index in [1.54, 1.807) is 6.20 Å². The minimum Gasteiger partial charge on any atom is -0.374 e. The van der Waals surface area contributed by atoms with Crippen molar-refractivity contribution in [3.8, 4) is 0 Å². The molecule has 1 aliphatic heterocycles. The van der Waals surface area contributed by atoms with Crippen molar-refractivity contribution in [1.29, 1.82) is 0 Å². The van der Waals surface area contributed by atoms with Gasteiger partial charge in [-0.1, -0.05) is 37.1 Å². The average molecular weight is 398 g/mol. The first-order valence-electron chi connectivity index (χ1n) is 10.8. The normalized spacial score (nSPS) is 23.1. The van der Waals surface area contributed by atoms with Gasteiger partial charge in [-0.2, -0.15) is 0 Å². The molecule has 4 rings (SSSR count). The Morgan fingerprint density at radius 3 is 2.97 bits per heavy atom. The molecule has 29 heavy (non-hydrogen) atoms. The second-order valence-corrected chi connectivity index (χ2v) is 8.42. The molecule has 1 aromatic carbocycles. The van der Waals surface area contributed by atoms with Gasteiger partial charge in [0.25, 0.3) is 5.91 Å². The largest absolute Gasteiger partial charge is 0.374 e. The number of nitrogens with zero attached hydrogens (tertiary/aromatic N) is 3. The first-order valence-corrected chi connectivity index (χ1v) is 10.8. The molecule has 0 spiro atoms. The number of nitrogens with one attached hydrogen (secondary N) is 2. The molecule has 2 N–H and O–H groups in total. The minimum absolute atomic E-state index is 0.232. The van der Waals surface area contributed by atoms with Crippen LogP contribution in [0.25, 0.3) is 0 Å². The van der Waals surface area contributed by atoms with Gasteiger partial charge < -0.3 is 15.4 Å². The molecule has 1 saturated carbocycles. The summed E-state index contributed by atoms with van der Waals surface area (Å²) in [5.74, 6) is 0.516. The molecule has 2 atom stereocenters. The molecule has 2 fully saturated rings. The standard InChI is InChI=1S/C22H31N5O2/c1-16-4-2-7-20(12-16)29-15-17-5-3-6-18(13-17)24-22(28)21-14-27(26-25-21)19-8-10-23-11-9-19/h3,5-6,13-14,16,19-20,23H,2,4,7-12,15H2,1H3,(H,24,28). The van der Waals surface area contributed by atoms with Crippen LogP contribution >= 0.6 is 0 Å². The molecular formula is C22H31N5O2. The highest BCUT2D eigenvalue weighted by atomic mass is 16.5. The van der Waals surface area contributed by atoms with Gasteiger partial charge in [-0.3, -0.25) is 4.79 Å². The Morgan fingerprint density at radius 1 is 1.28 bits per heavy atom. The summed E-state index contributed by atoms with van der Waals surface area (Å²) in [6, 6.07) is 8.16. The highest BCUT2D eigenvalue weighted by Crippen LogP contribution is 2.26. The average Bonchev–Trinajstić information content (AvgIpc) is 3.24. The maximum Gasteiger partial charge on any atom is 0.277 e. The lowest BCUT2D eigenvalue weighted by Gasteiger charge is -2.26. The van der Waals surface area contributed by atoms with Gasteiger partial charge in [-0.05, 0) is 62.4 Å². The van der Waals surface area contributed by atoms with Crippen molar-refractivity contribution in [2.75, 3.05) is 18.4 Å². The summed E-state index contributed by atoms with van der Waals surface area (Å²) in [6.07, 6.45) is 8.96. The second-order valence-electron chi connectivity index (χ2n) is 8.42. The van der Waals surface area contributed by atoms with E-state index >= 15 is 0 Å². The van der Waals surface area contributed by atoms with E-state index in [-0.39, 0.29) is 5.91 Å². The second kappa shape index (κ2) is 9.50. The van der Waals surface area contributed by atoms with Gasteiger partial charge in [0.1, 0.15) is 0 Å². The topological polar surface area (TPSA) is 81.1 Å². The highest BCUT2D eigenvalue weighted by Gasteiger charge is 2.20. The number of hydrogen-bond acceptors (Lipinski definition) is 5. The summed E-state index contributed by atoms with van der Waals surface area (Å²) in [6.45, 7) is 4.82. The van der Waals surface area contributed by atoms with Crippen molar-refractivity contribution < 1.29 is 9.53 Å². The molecule has 2 aliphatic rings. The number of hydrogen-bond donors (Lipinski definition) is 2. The number of carbonyl (C=O) groups is 1. The van der Waals surface area contributed by atoms with E-state index in [4.69, 9.17) is 4.74 Å². The van der Waals surface area contributed by atoms with Crippen LogP contribution in [0.3, 0.4) is 0 Å². The van der Waals surface area contributed by atoms with E-state index in [1.165, 1.54) is 12.8 Å². The molecule has 2 aromatic rings. The zero-order valence-electron chi connectivity index (χ0n) is 17.1. The third-order valence-electron chi connectivity index (χ3n) is 5.98. The summed E-state index contributed by atoms with van der Waals surface area (Å²) in [5, 5.41) is 14.5. The van der Waals surface area contributed by atoms with E-state index in [1.807, 2.05) is 28.9 Å². The number of aromatic nitrogens is 3.